The molecular formula is C40H57N11O9. The van der Waals surface area contributed by atoms with Gasteiger partial charge in [0.15, 0.2) is 0 Å². The van der Waals surface area contributed by atoms with Crippen molar-refractivity contribution >= 4 is 41.4 Å². The van der Waals surface area contributed by atoms with Crippen LogP contribution < -0.4 is 32.3 Å². The molecular weight excluding hydrogens is 779 g/mol. The smallest absolute Gasteiger partial charge is 0.326 e. The van der Waals surface area contributed by atoms with Crippen LogP contribution in [0.3, 0.4) is 0 Å². The van der Waals surface area contributed by atoms with E-state index in [9.17, 15) is 43.8 Å². The number of nitrogens with zero attached hydrogens (tertiary/aromatic N) is 3. The quantitative estimate of drug-likeness (QED) is 0.0608. The van der Waals surface area contributed by atoms with Gasteiger partial charge in [0.25, 0.3) is 0 Å². The normalized spacial score (nSPS) is 16.8. The molecule has 4 rings (SSSR count). The number of carbonyl (C=O) groups excluding carboxylic acids is 6. The van der Waals surface area contributed by atoms with Crippen LogP contribution in [0.4, 0.5) is 0 Å². The van der Waals surface area contributed by atoms with Gasteiger partial charge < -0.3 is 57.4 Å². The Morgan fingerprint density at radius 1 is 0.800 bits per heavy atom. The van der Waals surface area contributed by atoms with Gasteiger partial charge in [0, 0.05) is 49.6 Å². The number of carboxylic acid groups (broad SMARTS) is 1. The number of likely N-dealkylation sites (tertiary alicyclic amines) is 1. The Labute approximate surface area is 347 Å². The number of amides is 6. The zero-order chi connectivity index (χ0) is 43.9. The number of carbonyl (C=O) groups is 7. The molecule has 20 nitrogen and oxygen atoms in total. The molecule has 3 aromatic rings. The lowest BCUT2D eigenvalue weighted by atomic mass is 9.98. The van der Waals surface area contributed by atoms with E-state index in [4.69, 9.17) is 5.73 Å². The maximum Gasteiger partial charge on any atom is 0.326 e. The molecule has 11 N–H and O–H groups in total. The van der Waals surface area contributed by atoms with E-state index >= 15 is 0 Å². The third-order valence-corrected chi connectivity index (χ3v) is 10.4. The standard InChI is InChI=1S/C40H57N11O9/c1-5-23(4)34(40(59)60)50-37(56)30(16-26-19-43-21-45-26)47-35(54)28(13-22(2)3)48-38(57)32-7-6-12-51(32)39(58)31(14-24-8-10-27(52)11-9-24)49-36(55)29(46-33(53)17-41)15-25-18-42-20-44-25/h8-11,18-23,28-32,34,52H,5-7,12-17,41H2,1-4H3,(H,42,44)(H,43,45)(H,46,53)(H,47,54)(H,48,57)(H,49,55)(H,50,56)(H,59,60)/t23-,28-,29-,30-,31-,32-,34-/m0/s1. The minimum Gasteiger partial charge on any atom is -0.508 e. The van der Waals surface area contributed by atoms with Crippen LogP contribution in [0, 0.1) is 11.8 Å². The number of phenolic OH excluding ortho intramolecular Hbond substituents is 1. The fourth-order valence-electron chi connectivity index (χ4n) is 6.93. The van der Waals surface area contributed by atoms with Crippen molar-refractivity contribution in [2.24, 2.45) is 17.6 Å². The average molecular weight is 836 g/mol. The lowest BCUT2D eigenvalue weighted by molar-refractivity contribution is -0.144. The Balaban J connectivity index is 1.56. The summed E-state index contributed by atoms with van der Waals surface area (Å²) in [5.74, 6) is -5.67. The van der Waals surface area contributed by atoms with Crippen LogP contribution in [0.25, 0.3) is 0 Å². The minimum absolute atomic E-state index is 0.00477. The minimum atomic E-state index is -1.24. The molecule has 1 fully saturated rings. The number of imidazole rings is 2. The molecule has 60 heavy (non-hydrogen) atoms. The maximum absolute atomic E-state index is 14.4. The largest absolute Gasteiger partial charge is 0.508 e. The zero-order valence-corrected chi connectivity index (χ0v) is 34.3. The summed E-state index contributed by atoms with van der Waals surface area (Å²) < 4.78 is 0. The number of phenols is 1. The first kappa shape index (κ1) is 46.4. The van der Waals surface area contributed by atoms with Gasteiger partial charge in [-0.2, -0.15) is 0 Å². The highest BCUT2D eigenvalue weighted by Gasteiger charge is 2.40. The molecule has 1 aromatic carbocycles. The first-order valence-corrected chi connectivity index (χ1v) is 20.1. The predicted molar refractivity (Wildman–Crippen MR) is 216 cm³/mol. The van der Waals surface area contributed by atoms with E-state index in [0.29, 0.717) is 29.8 Å². The van der Waals surface area contributed by atoms with Crippen molar-refractivity contribution in [1.82, 2.24) is 51.4 Å². The number of benzene rings is 1. The Kier molecular flexibility index (Phi) is 17.1. The summed E-state index contributed by atoms with van der Waals surface area (Å²) in [7, 11) is 0. The third kappa shape index (κ3) is 13.4. The van der Waals surface area contributed by atoms with Gasteiger partial charge in [0.05, 0.1) is 19.2 Å². The van der Waals surface area contributed by atoms with E-state index in [2.05, 4.69) is 46.5 Å². The maximum atomic E-state index is 14.4. The van der Waals surface area contributed by atoms with Crippen LogP contribution in [0.2, 0.25) is 0 Å². The van der Waals surface area contributed by atoms with E-state index in [0.717, 1.165) is 0 Å². The number of aliphatic carboxylic acids is 1. The number of aromatic nitrogens is 4. The van der Waals surface area contributed by atoms with E-state index in [1.165, 1.54) is 42.1 Å². The van der Waals surface area contributed by atoms with Crippen LogP contribution in [-0.4, -0.2) is 126 Å². The Bertz CT molecular complexity index is 1900. The highest BCUT2D eigenvalue weighted by Crippen LogP contribution is 2.22. The second-order valence-electron chi connectivity index (χ2n) is 15.5. The van der Waals surface area contributed by atoms with E-state index in [1.807, 2.05) is 13.8 Å². The molecule has 0 saturated carbocycles. The van der Waals surface area contributed by atoms with E-state index in [-0.39, 0.29) is 56.9 Å². The van der Waals surface area contributed by atoms with Crippen LogP contribution in [0.1, 0.15) is 70.3 Å². The van der Waals surface area contributed by atoms with Crippen LogP contribution in [0.5, 0.6) is 5.75 Å². The number of nitrogens with one attached hydrogen (secondary N) is 7. The van der Waals surface area contributed by atoms with Crippen molar-refractivity contribution in [2.75, 3.05) is 13.1 Å². The average Bonchev–Trinajstić information content (AvgIpc) is 4.03. The van der Waals surface area contributed by atoms with Gasteiger partial charge >= 0.3 is 5.97 Å². The topological polar surface area (TPSA) is 307 Å². The molecule has 0 bridgehead atoms. The summed E-state index contributed by atoms with van der Waals surface area (Å²) in [5, 5.41) is 33.1. The highest BCUT2D eigenvalue weighted by atomic mass is 16.4. The highest BCUT2D eigenvalue weighted by molar-refractivity contribution is 5.97. The monoisotopic (exact) mass is 835 g/mol. The molecule has 0 unspecified atom stereocenters. The molecule has 326 valence electrons. The molecule has 6 amide bonds. The summed E-state index contributed by atoms with van der Waals surface area (Å²) in [6.45, 7) is 6.97. The second-order valence-corrected chi connectivity index (χ2v) is 15.5. The van der Waals surface area contributed by atoms with Gasteiger partial charge in [-0.25, -0.2) is 14.8 Å². The first-order valence-electron chi connectivity index (χ1n) is 20.1. The predicted octanol–water partition coefficient (Wildman–Crippen LogP) is -0.583. The number of H-pyrrole nitrogens is 2. The summed E-state index contributed by atoms with van der Waals surface area (Å²) in [6.07, 6.45) is 7.03. The van der Waals surface area contributed by atoms with E-state index < -0.39 is 83.6 Å². The van der Waals surface area contributed by atoms with Crippen molar-refractivity contribution in [3.05, 3.63) is 66.3 Å². The summed E-state index contributed by atoms with van der Waals surface area (Å²) in [4.78, 5) is 109. The Morgan fingerprint density at radius 2 is 1.37 bits per heavy atom. The summed E-state index contributed by atoms with van der Waals surface area (Å²) in [5.41, 5.74) is 7.14. The van der Waals surface area contributed by atoms with Crippen molar-refractivity contribution < 1.29 is 43.8 Å². The number of carboxylic acids is 1. The molecule has 1 saturated heterocycles. The van der Waals surface area contributed by atoms with Gasteiger partial charge in [-0.1, -0.05) is 46.2 Å². The number of rotatable bonds is 22. The fourth-order valence-corrected chi connectivity index (χ4v) is 6.93. The lowest BCUT2D eigenvalue weighted by Gasteiger charge is -2.31. The Hall–Kier alpha value is -6.31. The third-order valence-electron chi connectivity index (χ3n) is 10.4. The Morgan fingerprint density at radius 3 is 1.90 bits per heavy atom. The van der Waals surface area contributed by atoms with Crippen molar-refractivity contribution in [1.29, 1.82) is 0 Å². The lowest BCUT2D eigenvalue weighted by Crippen LogP contribution is -2.60. The SMILES string of the molecule is CC[C@H](C)[C@H](NC(=O)[C@H](Cc1cnc[nH]1)NC(=O)[C@H](CC(C)C)NC(=O)[C@@H]1CCCN1C(=O)[C@H](Cc1ccc(O)cc1)NC(=O)[C@H](Cc1cnc[nH]1)NC(=O)CN)C(=O)O. The number of nitrogens with two attached hydrogens (primary N) is 1. The molecule has 0 aliphatic carbocycles. The van der Waals surface area contributed by atoms with Crippen molar-refractivity contribution in [3.63, 3.8) is 0 Å². The molecule has 1 aliphatic heterocycles. The fraction of sp³-hybridized carbons (Fsp3) is 0.525. The van der Waals surface area contributed by atoms with Crippen LogP contribution >= 0.6 is 0 Å². The van der Waals surface area contributed by atoms with Gasteiger partial charge in [-0.3, -0.25) is 28.8 Å². The van der Waals surface area contributed by atoms with Crippen molar-refractivity contribution in [2.45, 2.75) is 109 Å². The van der Waals surface area contributed by atoms with Gasteiger partial charge in [-0.05, 0) is 48.8 Å². The molecule has 3 heterocycles. The molecule has 0 spiro atoms. The number of hydrogen-bond donors (Lipinski definition) is 10. The molecule has 20 heteroatoms. The molecule has 0 radical (unpaired) electrons. The van der Waals surface area contributed by atoms with Crippen LogP contribution in [-0.2, 0) is 52.8 Å². The molecule has 7 atom stereocenters. The van der Waals surface area contributed by atoms with E-state index in [1.54, 1.807) is 26.0 Å². The van der Waals surface area contributed by atoms with Gasteiger partial charge in [-0.15, -0.1) is 0 Å². The second kappa shape index (κ2) is 22.2. The van der Waals surface area contributed by atoms with Gasteiger partial charge in [0.2, 0.25) is 35.4 Å². The summed E-state index contributed by atoms with van der Waals surface area (Å²) in [6, 6.07) is -0.952. The van der Waals surface area contributed by atoms with Crippen molar-refractivity contribution in [3.8, 4) is 5.75 Å². The number of aromatic amines is 2. The molecule has 2 aromatic heterocycles. The number of hydrogen-bond acceptors (Lipinski definition) is 11. The molecule has 1 aliphatic rings. The first-order chi connectivity index (χ1) is 28.6. The zero-order valence-electron chi connectivity index (χ0n) is 34.3. The summed E-state index contributed by atoms with van der Waals surface area (Å²) >= 11 is 0. The van der Waals surface area contributed by atoms with Crippen LogP contribution in [0.15, 0.2) is 49.3 Å². The van der Waals surface area contributed by atoms with Gasteiger partial charge in [0.1, 0.15) is 42.0 Å². The number of aromatic hydroxyl groups is 1.